The van der Waals surface area contributed by atoms with E-state index in [0.29, 0.717) is 22.3 Å². The molecule has 0 atom stereocenters. The van der Waals surface area contributed by atoms with Gasteiger partial charge in [0.2, 0.25) is 0 Å². The summed E-state index contributed by atoms with van der Waals surface area (Å²) in [4.78, 5) is 8.27. The molecule has 130 valence electrons. The molecule has 0 aliphatic rings. The molecule has 2 heterocycles. The van der Waals surface area contributed by atoms with Crippen LogP contribution in [0, 0.1) is 11.6 Å². The second kappa shape index (κ2) is 6.50. The molecule has 4 rings (SSSR count). The zero-order chi connectivity index (χ0) is 18.4. The molecule has 3 nitrogen and oxygen atoms in total. The molecule has 0 bridgehead atoms. The SMILES string of the molecule is Fc1ccc(-c2c(-n3cnc4cc(Cl)cc(F)c43)ccnc2Cl)c(Cl)c1. The highest BCUT2D eigenvalue weighted by Crippen LogP contribution is 2.38. The largest absolute Gasteiger partial charge is 0.295 e. The average Bonchev–Trinajstić information content (AvgIpc) is 2.99. The maximum absolute atomic E-state index is 14.5. The number of aromatic nitrogens is 3. The summed E-state index contributed by atoms with van der Waals surface area (Å²) in [5.74, 6) is -1.01. The zero-order valence-electron chi connectivity index (χ0n) is 12.9. The molecule has 4 aromatic rings. The molecule has 0 unspecified atom stereocenters. The zero-order valence-corrected chi connectivity index (χ0v) is 15.1. The molecule has 0 amide bonds. The predicted octanol–water partition coefficient (Wildman–Crippen LogP) is 6.33. The van der Waals surface area contributed by atoms with Crippen molar-refractivity contribution in [2.75, 3.05) is 0 Å². The van der Waals surface area contributed by atoms with Crippen LogP contribution in [0.15, 0.2) is 48.9 Å². The van der Waals surface area contributed by atoms with Crippen LogP contribution in [0.1, 0.15) is 0 Å². The minimum atomic E-state index is -0.533. The maximum Gasteiger partial charge on any atom is 0.150 e. The number of hydrogen-bond donors (Lipinski definition) is 0. The lowest BCUT2D eigenvalue weighted by molar-refractivity contribution is 0.628. The van der Waals surface area contributed by atoms with Gasteiger partial charge in [0.1, 0.15) is 22.8 Å². The molecule has 8 heteroatoms. The number of rotatable bonds is 2. The number of hydrogen-bond acceptors (Lipinski definition) is 2. The highest BCUT2D eigenvalue weighted by atomic mass is 35.5. The summed E-state index contributed by atoms with van der Waals surface area (Å²) in [6.45, 7) is 0. The molecule has 26 heavy (non-hydrogen) atoms. The van der Waals surface area contributed by atoms with E-state index in [1.165, 1.54) is 41.4 Å². The van der Waals surface area contributed by atoms with E-state index in [2.05, 4.69) is 9.97 Å². The molecule has 2 aromatic heterocycles. The highest BCUT2D eigenvalue weighted by molar-refractivity contribution is 6.36. The fraction of sp³-hybridized carbons (Fsp3) is 0. The Hall–Kier alpha value is -2.21. The van der Waals surface area contributed by atoms with E-state index in [-0.39, 0.29) is 20.7 Å². The second-order valence-electron chi connectivity index (χ2n) is 5.49. The van der Waals surface area contributed by atoms with E-state index in [1.807, 2.05) is 0 Å². The van der Waals surface area contributed by atoms with Gasteiger partial charge in [0.25, 0.3) is 0 Å². The van der Waals surface area contributed by atoms with E-state index in [4.69, 9.17) is 34.8 Å². The molecule has 0 spiro atoms. The molecule has 0 saturated heterocycles. The van der Waals surface area contributed by atoms with Gasteiger partial charge in [-0.2, -0.15) is 0 Å². The van der Waals surface area contributed by atoms with Crippen LogP contribution in [0.25, 0.3) is 27.8 Å². The van der Waals surface area contributed by atoms with E-state index in [1.54, 1.807) is 12.1 Å². The van der Waals surface area contributed by atoms with Crippen molar-refractivity contribution in [2.45, 2.75) is 0 Å². The molecule has 0 aliphatic heterocycles. The summed E-state index contributed by atoms with van der Waals surface area (Å²) in [5, 5.41) is 0.552. The lowest BCUT2D eigenvalue weighted by Gasteiger charge is -2.14. The Morgan fingerprint density at radius 2 is 1.73 bits per heavy atom. The minimum absolute atomic E-state index is 0.146. The molecule has 0 aliphatic carbocycles. The summed E-state index contributed by atoms with van der Waals surface area (Å²) in [6.07, 6.45) is 2.94. The number of pyridine rings is 1. The summed E-state index contributed by atoms with van der Waals surface area (Å²) in [7, 11) is 0. The standard InChI is InChI=1S/C18H8Cl3F2N3/c19-9-5-13(23)17-14(6-9)25-8-26(17)15-3-4-24-18(21)16(15)11-2-1-10(22)7-12(11)20/h1-8H. The van der Waals surface area contributed by atoms with Crippen molar-refractivity contribution in [3.63, 3.8) is 0 Å². The van der Waals surface area contributed by atoms with Gasteiger partial charge < -0.3 is 0 Å². The van der Waals surface area contributed by atoms with Gasteiger partial charge in [-0.15, -0.1) is 0 Å². The summed E-state index contributed by atoms with van der Waals surface area (Å²) in [5.41, 5.74) is 2.03. The van der Waals surface area contributed by atoms with Gasteiger partial charge in [-0.1, -0.05) is 34.8 Å². The van der Waals surface area contributed by atoms with Gasteiger partial charge in [0.05, 0.1) is 16.2 Å². The maximum atomic E-state index is 14.5. The van der Waals surface area contributed by atoms with Crippen molar-refractivity contribution in [3.05, 3.63) is 75.8 Å². The Bertz CT molecular complexity index is 1160. The van der Waals surface area contributed by atoms with Gasteiger partial charge in [-0.05, 0) is 36.4 Å². The fourth-order valence-electron chi connectivity index (χ4n) is 2.82. The molecule has 0 saturated carbocycles. The topological polar surface area (TPSA) is 30.7 Å². The number of nitrogens with zero attached hydrogens (tertiary/aromatic N) is 3. The summed E-state index contributed by atoms with van der Waals surface area (Å²) < 4.78 is 29.5. The summed E-state index contributed by atoms with van der Waals surface area (Å²) >= 11 is 18.4. The quantitative estimate of drug-likeness (QED) is 0.362. The van der Waals surface area contributed by atoms with Gasteiger partial charge in [0.15, 0.2) is 5.82 Å². The Kier molecular flexibility index (Phi) is 4.31. The van der Waals surface area contributed by atoms with Gasteiger partial charge in [-0.25, -0.2) is 18.7 Å². The van der Waals surface area contributed by atoms with Crippen LogP contribution in [-0.2, 0) is 0 Å². The predicted molar refractivity (Wildman–Crippen MR) is 99.2 cm³/mol. The third-order valence-corrected chi connectivity index (χ3v) is 4.72. The monoisotopic (exact) mass is 409 g/mol. The second-order valence-corrected chi connectivity index (χ2v) is 6.69. The van der Waals surface area contributed by atoms with Crippen molar-refractivity contribution >= 4 is 45.8 Å². The third-order valence-electron chi connectivity index (χ3n) is 3.90. The Morgan fingerprint density at radius 1 is 0.923 bits per heavy atom. The summed E-state index contributed by atoms with van der Waals surface area (Å²) in [6, 6.07) is 8.35. The van der Waals surface area contributed by atoms with Crippen molar-refractivity contribution < 1.29 is 8.78 Å². The fourth-order valence-corrected chi connectivity index (χ4v) is 3.53. The van der Waals surface area contributed by atoms with Crippen molar-refractivity contribution in [3.8, 4) is 16.8 Å². The van der Waals surface area contributed by atoms with E-state index < -0.39 is 11.6 Å². The first-order valence-corrected chi connectivity index (χ1v) is 8.51. The van der Waals surface area contributed by atoms with Gasteiger partial charge in [0, 0.05) is 22.3 Å². The number of fused-ring (bicyclic) bond motifs is 1. The third kappa shape index (κ3) is 2.82. The first-order chi connectivity index (χ1) is 12.5. The molecule has 0 N–H and O–H groups in total. The Labute approximate surface area is 161 Å². The normalized spacial score (nSPS) is 11.3. The van der Waals surface area contributed by atoms with Crippen molar-refractivity contribution in [2.24, 2.45) is 0 Å². The van der Waals surface area contributed by atoms with Crippen LogP contribution in [0.2, 0.25) is 15.2 Å². The minimum Gasteiger partial charge on any atom is -0.295 e. The van der Waals surface area contributed by atoms with Gasteiger partial charge >= 0.3 is 0 Å². The molecular formula is C18H8Cl3F2N3. The highest BCUT2D eigenvalue weighted by Gasteiger charge is 2.19. The number of benzene rings is 2. The average molecular weight is 411 g/mol. The van der Waals surface area contributed by atoms with Crippen LogP contribution < -0.4 is 0 Å². The first-order valence-electron chi connectivity index (χ1n) is 7.38. The van der Waals surface area contributed by atoms with Crippen LogP contribution in [-0.4, -0.2) is 14.5 Å². The van der Waals surface area contributed by atoms with Crippen LogP contribution in [0.4, 0.5) is 8.78 Å². The van der Waals surface area contributed by atoms with Crippen LogP contribution in [0.5, 0.6) is 0 Å². The lowest BCUT2D eigenvalue weighted by Crippen LogP contribution is -1.99. The number of imidazole rings is 1. The van der Waals surface area contributed by atoms with E-state index in [9.17, 15) is 8.78 Å². The van der Waals surface area contributed by atoms with Gasteiger partial charge in [-0.3, -0.25) is 4.57 Å². The number of halogens is 5. The lowest BCUT2D eigenvalue weighted by atomic mass is 10.1. The molecule has 0 radical (unpaired) electrons. The van der Waals surface area contributed by atoms with E-state index >= 15 is 0 Å². The molecule has 2 aromatic carbocycles. The van der Waals surface area contributed by atoms with Crippen LogP contribution >= 0.6 is 34.8 Å². The van der Waals surface area contributed by atoms with E-state index in [0.717, 1.165) is 0 Å². The first kappa shape index (κ1) is 17.2. The van der Waals surface area contributed by atoms with Crippen molar-refractivity contribution in [1.82, 2.24) is 14.5 Å². The Balaban J connectivity index is 2.04. The molecular weight excluding hydrogens is 403 g/mol. The Morgan fingerprint density at radius 3 is 2.50 bits per heavy atom. The van der Waals surface area contributed by atoms with Crippen LogP contribution in [0.3, 0.4) is 0 Å². The van der Waals surface area contributed by atoms with Crippen molar-refractivity contribution in [1.29, 1.82) is 0 Å². The smallest absolute Gasteiger partial charge is 0.150 e. The molecule has 0 fully saturated rings.